The molecule has 5 heteroatoms. The van der Waals surface area contributed by atoms with Crippen LogP contribution in [0, 0.1) is 5.92 Å². The molecule has 0 bridgehead atoms. The van der Waals surface area contributed by atoms with E-state index >= 15 is 0 Å². The average Bonchev–Trinajstić information content (AvgIpc) is 2.38. The number of benzene rings is 1. The van der Waals surface area contributed by atoms with Gasteiger partial charge in [-0.05, 0) is 25.0 Å². The normalized spacial score (nSPS) is 18.9. The Kier molecular flexibility index (Phi) is 4.02. The second-order valence-corrected chi connectivity index (χ2v) is 4.85. The number of hydrogen-bond donors (Lipinski definition) is 1. The van der Waals surface area contributed by atoms with Crippen LogP contribution in [-0.2, 0) is 4.79 Å². The third-order valence-electron chi connectivity index (χ3n) is 3.43. The summed E-state index contributed by atoms with van der Waals surface area (Å²) in [6.45, 7) is 0. The SMILES string of the molecule is COc1cccc(NC(=O)C2CCC(F)(F)CC2)c1. The molecule has 0 saturated heterocycles. The highest BCUT2D eigenvalue weighted by Gasteiger charge is 2.37. The molecule has 104 valence electrons. The maximum Gasteiger partial charge on any atom is 0.248 e. The van der Waals surface area contributed by atoms with Crippen molar-refractivity contribution in [3.8, 4) is 5.75 Å². The molecular weight excluding hydrogens is 252 g/mol. The van der Waals surface area contributed by atoms with Gasteiger partial charge in [0.15, 0.2) is 0 Å². The highest BCUT2D eigenvalue weighted by molar-refractivity contribution is 5.92. The smallest absolute Gasteiger partial charge is 0.248 e. The third kappa shape index (κ3) is 3.66. The molecule has 3 nitrogen and oxygen atoms in total. The van der Waals surface area contributed by atoms with Crippen molar-refractivity contribution in [2.24, 2.45) is 5.92 Å². The van der Waals surface area contributed by atoms with Gasteiger partial charge in [0.2, 0.25) is 11.8 Å². The lowest BCUT2D eigenvalue weighted by Crippen LogP contribution is -2.31. The standard InChI is InChI=1S/C14H17F2NO2/c1-19-12-4-2-3-11(9-12)17-13(18)10-5-7-14(15,16)8-6-10/h2-4,9-10H,5-8H2,1H3,(H,17,18). The summed E-state index contributed by atoms with van der Waals surface area (Å²) in [5.41, 5.74) is 0.627. The first-order valence-corrected chi connectivity index (χ1v) is 6.33. The van der Waals surface area contributed by atoms with Crippen molar-refractivity contribution in [1.29, 1.82) is 0 Å². The molecule has 1 aromatic rings. The molecule has 0 radical (unpaired) electrons. The summed E-state index contributed by atoms with van der Waals surface area (Å²) in [5.74, 6) is -2.48. The maximum absolute atomic E-state index is 13.0. The minimum Gasteiger partial charge on any atom is -0.497 e. The van der Waals surface area contributed by atoms with Crippen LogP contribution in [0.15, 0.2) is 24.3 Å². The van der Waals surface area contributed by atoms with E-state index in [0.29, 0.717) is 11.4 Å². The number of hydrogen-bond acceptors (Lipinski definition) is 2. The van der Waals surface area contributed by atoms with Gasteiger partial charge in [0.1, 0.15) is 5.75 Å². The molecule has 1 aliphatic rings. The number of alkyl halides is 2. The molecule has 19 heavy (non-hydrogen) atoms. The molecule has 0 heterocycles. The first kappa shape index (κ1) is 13.8. The molecule has 0 atom stereocenters. The molecule has 1 amide bonds. The quantitative estimate of drug-likeness (QED) is 0.912. The van der Waals surface area contributed by atoms with Crippen molar-refractivity contribution in [1.82, 2.24) is 0 Å². The average molecular weight is 269 g/mol. The fourth-order valence-corrected chi connectivity index (χ4v) is 2.25. The van der Waals surface area contributed by atoms with Gasteiger partial charge < -0.3 is 10.1 Å². The number of carbonyl (C=O) groups excluding carboxylic acids is 1. The lowest BCUT2D eigenvalue weighted by Gasteiger charge is -2.27. The highest BCUT2D eigenvalue weighted by Crippen LogP contribution is 2.36. The maximum atomic E-state index is 13.0. The molecule has 1 fully saturated rings. The monoisotopic (exact) mass is 269 g/mol. The number of anilines is 1. The van der Waals surface area contributed by atoms with E-state index in [1.165, 1.54) is 0 Å². The van der Waals surface area contributed by atoms with Crippen molar-refractivity contribution in [3.63, 3.8) is 0 Å². The Morgan fingerprint density at radius 2 is 2.05 bits per heavy atom. The van der Waals surface area contributed by atoms with Crippen LogP contribution < -0.4 is 10.1 Å². The minimum atomic E-state index is -2.60. The molecule has 1 aliphatic carbocycles. The first-order chi connectivity index (χ1) is 9.00. The largest absolute Gasteiger partial charge is 0.497 e. The van der Waals surface area contributed by atoms with Crippen molar-refractivity contribution in [3.05, 3.63) is 24.3 Å². The zero-order chi connectivity index (χ0) is 13.9. The van der Waals surface area contributed by atoms with Crippen LogP contribution in [0.3, 0.4) is 0 Å². The predicted octanol–water partition coefficient (Wildman–Crippen LogP) is 3.46. The second-order valence-electron chi connectivity index (χ2n) is 4.85. The van der Waals surface area contributed by atoms with Gasteiger partial charge in [-0.2, -0.15) is 0 Å². The number of halogens is 2. The molecule has 1 N–H and O–H groups in total. The van der Waals surface area contributed by atoms with E-state index in [0.717, 1.165) is 0 Å². The summed E-state index contributed by atoms with van der Waals surface area (Å²) in [7, 11) is 1.55. The minimum absolute atomic E-state index is 0.191. The van der Waals surface area contributed by atoms with E-state index in [1.54, 1.807) is 31.4 Å². The molecule has 1 saturated carbocycles. The van der Waals surface area contributed by atoms with E-state index in [2.05, 4.69) is 5.32 Å². The summed E-state index contributed by atoms with van der Waals surface area (Å²) in [6.07, 6.45) is 0.0675. The van der Waals surface area contributed by atoms with Crippen LogP contribution in [0.2, 0.25) is 0 Å². The number of carbonyl (C=O) groups is 1. The summed E-state index contributed by atoms with van der Waals surface area (Å²) < 4.78 is 31.1. The highest BCUT2D eigenvalue weighted by atomic mass is 19.3. The Morgan fingerprint density at radius 3 is 2.68 bits per heavy atom. The zero-order valence-corrected chi connectivity index (χ0v) is 10.8. The molecule has 1 aromatic carbocycles. The van der Waals surface area contributed by atoms with Crippen molar-refractivity contribution < 1.29 is 18.3 Å². The molecule has 0 unspecified atom stereocenters. The van der Waals surface area contributed by atoms with E-state index in [1.807, 2.05) is 0 Å². The lowest BCUT2D eigenvalue weighted by atomic mass is 9.86. The Bertz CT molecular complexity index is 453. The topological polar surface area (TPSA) is 38.3 Å². The van der Waals surface area contributed by atoms with Crippen molar-refractivity contribution in [2.45, 2.75) is 31.6 Å². The van der Waals surface area contributed by atoms with Crippen LogP contribution >= 0.6 is 0 Å². The number of nitrogens with one attached hydrogen (secondary N) is 1. The van der Waals surface area contributed by atoms with Gasteiger partial charge >= 0.3 is 0 Å². The van der Waals surface area contributed by atoms with Crippen LogP contribution in [0.4, 0.5) is 14.5 Å². The van der Waals surface area contributed by atoms with Crippen LogP contribution in [0.5, 0.6) is 5.75 Å². The summed E-state index contributed by atoms with van der Waals surface area (Å²) in [6, 6.07) is 6.99. The van der Waals surface area contributed by atoms with E-state index < -0.39 is 5.92 Å². The van der Waals surface area contributed by atoms with Crippen molar-refractivity contribution >= 4 is 11.6 Å². The molecule has 0 spiro atoms. The Morgan fingerprint density at radius 1 is 1.37 bits per heavy atom. The summed E-state index contributed by atoms with van der Waals surface area (Å²) in [5, 5.41) is 2.75. The number of amides is 1. The van der Waals surface area contributed by atoms with Crippen molar-refractivity contribution in [2.75, 3.05) is 12.4 Å². The van der Waals surface area contributed by atoms with Gasteiger partial charge in [-0.25, -0.2) is 8.78 Å². The van der Waals surface area contributed by atoms with Gasteiger partial charge in [-0.1, -0.05) is 6.07 Å². The van der Waals surface area contributed by atoms with E-state index in [4.69, 9.17) is 4.74 Å². The number of ether oxygens (including phenoxy) is 1. The molecular formula is C14H17F2NO2. The van der Waals surface area contributed by atoms with Gasteiger partial charge in [0.05, 0.1) is 7.11 Å². The van der Waals surface area contributed by atoms with Crippen LogP contribution in [0.25, 0.3) is 0 Å². The van der Waals surface area contributed by atoms with Gasteiger partial charge in [0.25, 0.3) is 0 Å². The van der Waals surface area contributed by atoms with Gasteiger partial charge in [0, 0.05) is 30.5 Å². The van der Waals surface area contributed by atoms with Gasteiger partial charge in [-0.3, -0.25) is 4.79 Å². The Balaban J connectivity index is 1.94. The Hall–Kier alpha value is -1.65. The Labute approximate surface area is 111 Å². The van der Waals surface area contributed by atoms with Gasteiger partial charge in [-0.15, -0.1) is 0 Å². The summed E-state index contributed by atoms with van der Waals surface area (Å²) in [4.78, 5) is 12.0. The number of rotatable bonds is 3. The van der Waals surface area contributed by atoms with Crippen LogP contribution in [0.1, 0.15) is 25.7 Å². The first-order valence-electron chi connectivity index (χ1n) is 6.33. The fourth-order valence-electron chi connectivity index (χ4n) is 2.25. The molecule has 0 aliphatic heterocycles. The second kappa shape index (κ2) is 5.55. The zero-order valence-electron chi connectivity index (χ0n) is 10.8. The summed E-state index contributed by atoms with van der Waals surface area (Å²) >= 11 is 0. The fraction of sp³-hybridized carbons (Fsp3) is 0.500. The molecule has 0 aromatic heterocycles. The third-order valence-corrected chi connectivity index (χ3v) is 3.43. The molecule has 2 rings (SSSR count). The van der Waals surface area contributed by atoms with Crippen LogP contribution in [-0.4, -0.2) is 18.9 Å². The lowest BCUT2D eigenvalue weighted by molar-refractivity contribution is -0.124. The predicted molar refractivity (Wildman–Crippen MR) is 68.5 cm³/mol. The van der Waals surface area contributed by atoms with E-state index in [-0.39, 0.29) is 37.5 Å². The number of methoxy groups -OCH3 is 1. The van der Waals surface area contributed by atoms with E-state index in [9.17, 15) is 13.6 Å².